The maximum atomic E-state index is 12.3. The normalized spacial score (nSPS) is 14.7. The lowest BCUT2D eigenvalue weighted by atomic mass is 10.2. The van der Waals surface area contributed by atoms with Crippen molar-refractivity contribution >= 4 is 21.6 Å². The second kappa shape index (κ2) is 5.51. The molecule has 7 heteroatoms. The van der Waals surface area contributed by atoms with Gasteiger partial charge in [-0.3, -0.25) is 4.79 Å². The Balaban J connectivity index is 2.36. The van der Waals surface area contributed by atoms with Crippen molar-refractivity contribution in [3.05, 3.63) is 23.8 Å². The number of likely N-dealkylation sites (N-methyl/N-ethyl adjacent to an activating group) is 1. The minimum atomic E-state index is -3.59. The van der Waals surface area contributed by atoms with Crippen molar-refractivity contribution in [3.63, 3.8) is 0 Å². The zero-order valence-corrected chi connectivity index (χ0v) is 12.4. The quantitative estimate of drug-likeness (QED) is 0.862. The van der Waals surface area contributed by atoms with Crippen LogP contribution < -0.4 is 4.90 Å². The van der Waals surface area contributed by atoms with Gasteiger partial charge in [0.25, 0.3) is 0 Å². The van der Waals surface area contributed by atoms with Crippen molar-refractivity contribution in [2.24, 2.45) is 0 Å². The fourth-order valence-corrected chi connectivity index (χ4v) is 3.52. The average Bonchev–Trinajstić information content (AvgIpc) is 2.81. The maximum absolute atomic E-state index is 12.3. The van der Waals surface area contributed by atoms with Crippen molar-refractivity contribution in [2.75, 3.05) is 31.6 Å². The molecule has 1 amide bonds. The highest BCUT2D eigenvalue weighted by Crippen LogP contribution is 2.30. The third kappa shape index (κ3) is 2.56. The number of fused-ring (bicyclic) bond motifs is 1. The number of anilines is 1. The van der Waals surface area contributed by atoms with Crippen LogP contribution >= 0.6 is 0 Å². The number of amides is 1. The van der Waals surface area contributed by atoms with Gasteiger partial charge in [0.15, 0.2) is 0 Å². The van der Waals surface area contributed by atoms with Crippen molar-refractivity contribution in [3.8, 4) is 0 Å². The number of carbonyl (C=O) groups is 1. The molecule has 0 radical (unpaired) electrons. The first kappa shape index (κ1) is 15.0. The lowest BCUT2D eigenvalue weighted by molar-refractivity contribution is -0.116. The number of carbonyl (C=O) groups excluding carboxylic acids is 1. The van der Waals surface area contributed by atoms with Gasteiger partial charge in [0.2, 0.25) is 15.9 Å². The van der Waals surface area contributed by atoms with E-state index in [0.29, 0.717) is 13.0 Å². The molecule has 6 nitrogen and oxygen atoms in total. The third-order valence-electron chi connectivity index (χ3n) is 3.45. The number of benzene rings is 1. The molecule has 0 saturated carbocycles. The summed E-state index contributed by atoms with van der Waals surface area (Å²) >= 11 is 0. The fraction of sp³-hybridized carbons (Fsp3) is 0.462. The van der Waals surface area contributed by atoms with Crippen molar-refractivity contribution < 1.29 is 18.3 Å². The molecule has 1 aliphatic rings. The average molecular weight is 298 g/mol. The summed E-state index contributed by atoms with van der Waals surface area (Å²) in [4.78, 5) is 13.3. The monoisotopic (exact) mass is 298 g/mol. The molecule has 0 spiro atoms. The molecule has 1 heterocycles. The van der Waals surface area contributed by atoms with E-state index in [1.54, 1.807) is 17.0 Å². The number of nitrogens with zero attached hydrogens (tertiary/aromatic N) is 2. The Morgan fingerprint density at radius 3 is 2.75 bits per heavy atom. The van der Waals surface area contributed by atoms with Crippen LogP contribution in [0, 0.1) is 0 Å². The number of aliphatic hydroxyl groups is 1. The third-order valence-corrected chi connectivity index (χ3v) is 5.30. The molecule has 0 atom stereocenters. The van der Waals surface area contributed by atoms with Crippen LogP contribution in [0.3, 0.4) is 0 Å². The van der Waals surface area contributed by atoms with Crippen molar-refractivity contribution in [1.29, 1.82) is 0 Å². The van der Waals surface area contributed by atoms with Crippen LogP contribution in [0.25, 0.3) is 0 Å². The van der Waals surface area contributed by atoms with Gasteiger partial charge >= 0.3 is 0 Å². The molecule has 1 N–H and O–H groups in total. The van der Waals surface area contributed by atoms with E-state index in [0.717, 1.165) is 15.6 Å². The van der Waals surface area contributed by atoms with E-state index in [2.05, 4.69) is 0 Å². The van der Waals surface area contributed by atoms with Crippen LogP contribution in [0.4, 0.5) is 5.69 Å². The SMILES string of the molecule is CC(=O)N1CCc2cc(S(=O)(=O)N(C)CCO)ccc21. The minimum Gasteiger partial charge on any atom is -0.395 e. The summed E-state index contributed by atoms with van der Waals surface area (Å²) in [6.07, 6.45) is 0.655. The predicted octanol–water partition coefficient (Wildman–Crippen LogP) is 0.208. The maximum Gasteiger partial charge on any atom is 0.242 e. The topological polar surface area (TPSA) is 77.9 Å². The second-order valence-electron chi connectivity index (χ2n) is 4.76. The summed E-state index contributed by atoms with van der Waals surface area (Å²) in [5.74, 6) is -0.0447. The molecule has 110 valence electrons. The van der Waals surface area contributed by atoms with Crippen LogP contribution in [0.2, 0.25) is 0 Å². The van der Waals surface area contributed by atoms with E-state index in [1.165, 1.54) is 20.0 Å². The molecular formula is C13H18N2O4S. The Morgan fingerprint density at radius 2 is 2.15 bits per heavy atom. The summed E-state index contributed by atoms with van der Waals surface area (Å²) in [6, 6.07) is 4.79. The molecular weight excluding hydrogens is 280 g/mol. The van der Waals surface area contributed by atoms with Gasteiger partial charge in [0.05, 0.1) is 11.5 Å². The lowest BCUT2D eigenvalue weighted by Gasteiger charge is -2.18. The Kier molecular flexibility index (Phi) is 4.12. The Hall–Kier alpha value is -1.44. The molecule has 0 bridgehead atoms. The number of rotatable bonds is 4. The van der Waals surface area contributed by atoms with Gasteiger partial charge in [0.1, 0.15) is 0 Å². The highest BCUT2D eigenvalue weighted by Gasteiger charge is 2.26. The van der Waals surface area contributed by atoms with Crippen molar-refractivity contribution in [2.45, 2.75) is 18.2 Å². The van der Waals surface area contributed by atoms with Crippen LogP contribution in [-0.2, 0) is 21.2 Å². The van der Waals surface area contributed by atoms with E-state index in [9.17, 15) is 13.2 Å². The van der Waals surface area contributed by atoms with E-state index in [4.69, 9.17) is 5.11 Å². The van der Waals surface area contributed by atoms with Gasteiger partial charge in [-0.05, 0) is 30.2 Å². The van der Waals surface area contributed by atoms with Gasteiger partial charge in [-0.15, -0.1) is 0 Å². The van der Waals surface area contributed by atoms with E-state index >= 15 is 0 Å². The first-order chi connectivity index (χ1) is 9.37. The number of hydrogen-bond acceptors (Lipinski definition) is 4. The van der Waals surface area contributed by atoms with E-state index in [1.807, 2.05) is 0 Å². The Bertz CT molecular complexity index is 627. The number of aliphatic hydroxyl groups excluding tert-OH is 1. The van der Waals surface area contributed by atoms with Crippen LogP contribution in [0.1, 0.15) is 12.5 Å². The lowest BCUT2D eigenvalue weighted by Crippen LogP contribution is -2.29. The van der Waals surface area contributed by atoms with Gasteiger partial charge < -0.3 is 10.0 Å². The zero-order valence-electron chi connectivity index (χ0n) is 11.5. The van der Waals surface area contributed by atoms with Gasteiger partial charge in [0, 0.05) is 32.7 Å². The molecule has 1 aliphatic heterocycles. The van der Waals surface area contributed by atoms with E-state index in [-0.39, 0.29) is 24.0 Å². The van der Waals surface area contributed by atoms with Gasteiger partial charge in [-0.25, -0.2) is 8.42 Å². The van der Waals surface area contributed by atoms with Crippen LogP contribution in [-0.4, -0.2) is 50.5 Å². The van der Waals surface area contributed by atoms with Gasteiger partial charge in [-0.2, -0.15) is 4.31 Å². The van der Waals surface area contributed by atoms with Crippen LogP contribution in [0.15, 0.2) is 23.1 Å². The largest absolute Gasteiger partial charge is 0.395 e. The smallest absolute Gasteiger partial charge is 0.242 e. The summed E-state index contributed by atoms with van der Waals surface area (Å²) in [5, 5.41) is 8.85. The molecule has 1 aromatic rings. The summed E-state index contributed by atoms with van der Waals surface area (Å²) in [5.41, 5.74) is 1.64. The number of sulfonamides is 1. The second-order valence-corrected chi connectivity index (χ2v) is 6.81. The highest BCUT2D eigenvalue weighted by atomic mass is 32.2. The molecule has 20 heavy (non-hydrogen) atoms. The molecule has 0 fully saturated rings. The standard InChI is InChI=1S/C13H18N2O4S/c1-10(17)15-6-5-11-9-12(3-4-13(11)15)20(18,19)14(2)7-8-16/h3-4,9,16H,5-8H2,1-2H3. The van der Waals surface area contributed by atoms with Gasteiger partial charge in [-0.1, -0.05) is 0 Å². The Labute approximate surface area is 118 Å². The zero-order chi connectivity index (χ0) is 14.9. The summed E-state index contributed by atoms with van der Waals surface area (Å²) in [6.45, 7) is 1.91. The first-order valence-electron chi connectivity index (χ1n) is 6.36. The fourth-order valence-electron chi connectivity index (χ4n) is 2.31. The van der Waals surface area contributed by atoms with Crippen molar-refractivity contribution in [1.82, 2.24) is 4.31 Å². The first-order valence-corrected chi connectivity index (χ1v) is 7.80. The summed E-state index contributed by atoms with van der Waals surface area (Å²) in [7, 11) is -2.16. The molecule has 0 aliphatic carbocycles. The molecule has 0 unspecified atom stereocenters. The molecule has 0 saturated heterocycles. The minimum absolute atomic E-state index is 0.0447. The molecule has 2 rings (SSSR count). The summed E-state index contributed by atoms with van der Waals surface area (Å²) < 4.78 is 25.7. The Morgan fingerprint density at radius 1 is 1.45 bits per heavy atom. The predicted molar refractivity (Wildman–Crippen MR) is 75.1 cm³/mol. The van der Waals surface area contributed by atoms with Crippen LogP contribution in [0.5, 0.6) is 0 Å². The molecule has 0 aromatic heterocycles. The van der Waals surface area contributed by atoms with E-state index < -0.39 is 10.0 Å². The molecule has 1 aromatic carbocycles. The highest BCUT2D eigenvalue weighted by molar-refractivity contribution is 7.89. The number of hydrogen-bond donors (Lipinski definition) is 1.